The molecule has 6 nitrogen and oxygen atoms in total. The molecule has 0 saturated carbocycles. The molecule has 1 aromatic rings. The molecule has 2 aliphatic rings. The third-order valence-electron chi connectivity index (χ3n) is 3.08. The summed E-state index contributed by atoms with van der Waals surface area (Å²) in [6, 6.07) is 4.27. The molecule has 94 valence electrons. The van der Waals surface area contributed by atoms with Gasteiger partial charge in [-0.05, 0) is 25.1 Å². The van der Waals surface area contributed by atoms with Gasteiger partial charge in [-0.2, -0.15) is 0 Å². The maximum Gasteiger partial charge on any atom is 0.261 e. The van der Waals surface area contributed by atoms with Gasteiger partial charge in [0.15, 0.2) is 0 Å². The van der Waals surface area contributed by atoms with E-state index in [0.29, 0.717) is 5.57 Å². The van der Waals surface area contributed by atoms with Crippen LogP contribution in [0.1, 0.15) is 27.6 Å². The zero-order chi connectivity index (χ0) is 13.7. The molecule has 4 amide bonds. The molecule has 2 heterocycles. The molecule has 3 rings (SSSR count). The fourth-order valence-corrected chi connectivity index (χ4v) is 2.13. The number of nitrogens with one attached hydrogen (secondary N) is 1. The van der Waals surface area contributed by atoms with Crippen LogP contribution in [0.5, 0.6) is 0 Å². The molecule has 0 bridgehead atoms. The minimum absolute atomic E-state index is 0.174. The van der Waals surface area contributed by atoms with Crippen molar-refractivity contribution in [1.82, 2.24) is 5.32 Å². The average Bonchev–Trinajstić information content (AvgIpc) is 2.78. The minimum Gasteiger partial charge on any atom is -0.288 e. The second-order valence-electron chi connectivity index (χ2n) is 4.32. The van der Waals surface area contributed by atoms with E-state index in [1.165, 1.54) is 24.3 Å². The fourth-order valence-electron chi connectivity index (χ4n) is 2.13. The maximum absolute atomic E-state index is 11.8. The lowest BCUT2D eigenvalue weighted by Crippen LogP contribution is -2.30. The number of carbonyl (C=O) groups is 4. The van der Waals surface area contributed by atoms with Crippen molar-refractivity contribution in [2.75, 3.05) is 4.90 Å². The van der Waals surface area contributed by atoms with Gasteiger partial charge < -0.3 is 0 Å². The summed E-state index contributed by atoms with van der Waals surface area (Å²) in [7, 11) is 0. The summed E-state index contributed by atoms with van der Waals surface area (Å²) in [5.74, 6) is -1.87. The predicted octanol–water partition coefficient (Wildman–Crippen LogP) is 0.390. The number of imide groups is 2. The van der Waals surface area contributed by atoms with Gasteiger partial charge >= 0.3 is 0 Å². The van der Waals surface area contributed by atoms with Crippen LogP contribution in [0, 0.1) is 0 Å². The molecule has 0 spiro atoms. The molecule has 1 aromatic carbocycles. The standard InChI is InChI=1S/C13H8N2O4/c1-6-4-10(16)15(13(6)19)7-2-3-8-9(5-7)12(18)14-11(8)17/h2-5H,1H3,(H,14,17,18). The van der Waals surface area contributed by atoms with E-state index in [4.69, 9.17) is 0 Å². The lowest BCUT2D eigenvalue weighted by atomic mass is 10.1. The van der Waals surface area contributed by atoms with E-state index in [1.807, 2.05) is 0 Å². The van der Waals surface area contributed by atoms with Gasteiger partial charge in [0.1, 0.15) is 0 Å². The van der Waals surface area contributed by atoms with Crippen molar-refractivity contribution in [2.45, 2.75) is 6.92 Å². The van der Waals surface area contributed by atoms with Gasteiger partial charge in [-0.1, -0.05) is 0 Å². The van der Waals surface area contributed by atoms with Crippen LogP contribution in [0.15, 0.2) is 29.8 Å². The largest absolute Gasteiger partial charge is 0.288 e. The summed E-state index contributed by atoms with van der Waals surface area (Å²) in [5.41, 5.74) is 1.04. The number of fused-ring (bicyclic) bond motifs is 1. The maximum atomic E-state index is 11.8. The van der Waals surface area contributed by atoms with Gasteiger partial charge in [-0.3, -0.25) is 24.5 Å². The van der Waals surface area contributed by atoms with E-state index in [2.05, 4.69) is 5.32 Å². The first kappa shape index (κ1) is 11.3. The summed E-state index contributed by atoms with van der Waals surface area (Å²) in [5, 5.41) is 2.15. The van der Waals surface area contributed by atoms with E-state index >= 15 is 0 Å². The molecule has 0 saturated heterocycles. The van der Waals surface area contributed by atoms with Crippen molar-refractivity contribution in [3.05, 3.63) is 41.0 Å². The molecule has 2 aliphatic heterocycles. The Morgan fingerprint density at radius 1 is 1.00 bits per heavy atom. The Morgan fingerprint density at radius 2 is 1.68 bits per heavy atom. The van der Waals surface area contributed by atoms with E-state index < -0.39 is 23.6 Å². The molecular formula is C13H8N2O4. The Labute approximate surface area is 107 Å². The number of rotatable bonds is 1. The summed E-state index contributed by atoms with van der Waals surface area (Å²) >= 11 is 0. The summed E-state index contributed by atoms with van der Waals surface area (Å²) in [6.07, 6.45) is 1.24. The van der Waals surface area contributed by atoms with Crippen LogP contribution in [0.4, 0.5) is 5.69 Å². The zero-order valence-electron chi connectivity index (χ0n) is 9.89. The van der Waals surface area contributed by atoms with Crippen LogP contribution in [-0.4, -0.2) is 23.6 Å². The van der Waals surface area contributed by atoms with Crippen molar-refractivity contribution in [1.29, 1.82) is 0 Å². The molecule has 6 heteroatoms. The molecule has 0 aromatic heterocycles. The highest BCUT2D eigenvalue weighted by atomic mass is 16.2. The minimum atomic E-state index is -0.523. The molecule has 0 unspecified atom stereocenters. The van der Waals surface area contributed by atoms with Crippen LogP contribution in [0.25, 0.3) is 0 Å². The number of hydrogen-bond donors (Lipinski definition) is 1. The van der Waals surface area contributed by atoms with Crippen molar-refractivity contribution in [3.63, 3.8) is 0 Å². The second-order valence-corrected chi connectivity index (χ2v) is 4.32. The third-order valence-corrected chi connectivity index (χ3v) is 3.08. The highest BCUT2D eigenvalue weighted by Gasteiger charge is 2.33. The van der Waals surface area contributed by atoms with Crippen molar-refractivity contribution >= 4 is 29.3 Å². The summed E-state index contributed by atoms with van der Waals surface area (Å²) in [6.45, 7) is 1.55. The third kappa shape index (κ3) is 1.50. The molecule has 0 radical (unpaired) electrons. The first-order chi connectivity index (χ1) is 8.99. The molecule has 0 aliphatic carbocycles. The Hall–Kier alpha value is -2.76. The molecule has 19 heavy (non-hydrogen) atoms. The molecule has 1 N–H and O–H groups in total. The topological polar surface area (TPSA) is 83.6 Å². The van der Waals surface area contributed by atoms with Gasteiger partial charge in [0.25, 0.3) is 23.6 Å². The van der Waals surface area contributed by atoms with Gasteiger partial charge in [0.2, 0.25) is 0 Å². The number of anilines is 1. The lowest BCUT2D eigenvalue weighted by molar-refractivity contribution is -0.120. The van der Waals surface area contributed by atoms with Gasteiger partial charge in [-0.15, -0.1) is 0 Å². The van der Waals surface area contributed by atoms with E-state index in [0.717, 1.165) is 4.90 Å². The van der Waals surface area contributed by atoms with Crippen LogP contribution >= 0.6 is 0 Å². The van der Waals surface area contributed by atoms with E-state index in [-0.39, 0.29) is 16.8 Å². The molecular weight excluding hydrogens is 248 g/mol. The van der Waals surface area contributed by atoms with Crippen LogP contribution in [0.3, 0.4) is 0 Å². The first-order valence-corrected chi connectivity index (χ1v) is 5.55. The fraction of sp³-hybridized carbons (Fsp3) is 0.0769. The Morgan fingerprint density at radius 3 is 2.32 bits per heavy atom. The first-order valence-electron chi connectivity index (χ1n) is 5.55. The van der Waals surface area contributed by atoms with Crippen LogP contribution < -0.4 is 10.2 Å². The van der Waals surface area contributed by atoms with Gasteiger partial charge in [0.05, 0.1) is 16.8 Å². The van der Waals surface area contributed by atoms with Crippen molar-refractivity contribution in [3.8, 4) is 0 Å². The van der Waals surface area contributed by atoms with E-state index in [1.54, 1.807) is 6.92 Å². The second kappa shape index (κ2) is 3.61. The van der Waals surface area contributed by atoms with Crippen LogP contribution in [-0.2, 0) is 9.59 Å². The normalized spacial score (nSPS) is 17.7. The lowest BCUT2D eigenvalue weighted by Gasteiger charge is -2.14. The van der Waals surface area contributed by atoms with Gasteiger partial charge in [-0.25, -0.2) is 4.90 Å². The predicted molar refractivity (Wildman–Crippen MR) is 64.5 cm³/mol. The number of hydrogen-bond acceptors (Lipinski definition) is 4. The average molecular weight is 256 g/mol. The Kier molecular flexibility index (Phi) is 2.16. The molecule has 0 fully saturated rings. The number of carbonyl (C=O) groups excluding carboxylic acids is 4. The van der Waals surface area contributed by atoms with Crippen LogP contribution in [0.2, 0.25) is 0 Å². The monoisotopic (exact) mass is 256 g/mol. The van der Waals surface area contributed by atoms with E-state index in [9.17, 15) is 19.2 Å². The molecule has 0 atom stereocenters. The summed E-state index contributed by atoms with van der Waals surface area (Å²) < 4.78 is 0. The van der Waals surface area contributed by atoms with Crippen molar-refractivity contribution < 1.29 is 19.2 Å². The smallest absolute Gasteiger partial charge is 0.261 e. The highest BCUT2D eigenvalue weighted by Crippen LogP contribution is 2.26. The Balaban J connectivity index is 2.08. The highest BCUT2D eigenvalue weighted by molar-refractivity contribution is 6.31. The number of nitrogens with zero attached hydrogens (tertiary/aromatic N) is 1. The zero-order valence-corrected chi connectivity index (χ0v) is 9.89. The quantitative estimate of drug-likeness (QED) is 0.737. The summed E-state index contributed by atoms with van der Waals surface area (Å²) in [4.78, 5) is 47.4. The Bertz CT molecular complexity index is 703. The number of benzene rings is 1. The SMILES string of the molecule is CC1=CC(=O)N(c2ccc3c(c2)C(=O)NC3=O)C1=O. The number of amides is 4. The van der Waals surface area contributed by atoms with Gasteiger partial charge in [0, 0.05) is 11.6 Å². The van der Waals surface area contributed by atoms with Crippen molar-refractivity contribution in [2.24, 2.45) is 0 Å².